The van der Waals surface area contributed by atoms with Crippen molar-refractivity contribution in [2.24, 2.45) is 4.99 Å². The molecule has 25 heavy (non-hydrogen) atoms. The monoisotopic (exact) mass is 342 g/mol. The molecule has 0 amide bonds. The number of methoxy groups -OCH3 is 1. The number of aromatic nitrogens is 3. The van der Waals surface area contributed by atoms with Crippen LogP contribution < -0.4 is 10.1 Å². The number of guanidine groups is 1. The predicted octanol–water partition coefficient (Wildman–Crippen LogP) is 1.83. The molecule has 0 fully saturated rings. The van der Waals surface area contributed by atoms with Gasteiger partial charge in [0.25, 0.3) is 0 Å². The highest BCUT2D eigenvalue weighted by atomic mass is 16.5. The largest absolute Gasteiger partial charge is 0.496 e. The Morgan fingerprint density at radius 3 is 3.00 bits per heavy atom. The van der Waals surface area contributed by atoms with Crippen molar-refractivity contribution >= 4 is 5.96 Å². The molecular formula is C18H26N6O. The Kier molecular flexibility index (Phi) is 5.53. The summed E-state index contributed by atoms with van der Waals surface area (Å²) < 4.78 is 7.63. The summed E-state index contributed by atoms with van der Waals surface area (Å²) in [5, 5.41) is 11.9. The minimum Gasteiger partial charge on any atom is -0.496 e. The first kappa shape index (κ1) is 17.3. The average molecular weight is 342 g/mol. The van der Waals surface area contributed by atoms with Crippen molar-refractivity contribution in [3.63, 3.8) is 0 Å². The highest BCUT2D eigenvalue weighted by Gasteiger charge is 2.17. The average Bonchev–Trinajstić information content (AvgIpc) is 3.23. The fourth-order valence-electron chi connectivity index (χ4n) is 3.11. The molecule has 0 saturated carbocycles. The van der Waals surface area contributed by atoms with Gasteiger partial charge in [-0.25, -0.2) is 4.99 Å². The van der Waals surface area contributed by atoms with E-state index in [1.807, 2.05) is 25.2 Å². The van der Waals surface area contributed by atoms with Crippen molar-refractivity contribution in [3.05, 3.63) is 41.5 Å². The maximum Gasteiger partial charge on any atom is 0.194 e. The zero-order valence-electron chi connectivity index (χ0n) is 15.2. The van der Waals surface area contributed by atoms with E-state index in [2.05, 4.69) is 38.0 Å². The Labute approximate surface area is 148 Å². The van der Waals surface area contributed by atoms with Gasteiger partial charge in [0.2, 0.25) is 0 Å². The number of hydrogen-bond acceptors (Lipinski definition) is 4. The van der Waals surface area contributed by atoms with E-state index in [0.29, 0.717) is 13.1 Å². The molecule has 7 nitrogen and oxygen atoms in total. The highest BCUT2D eigenvalue weighted by Crippen LogP contribution is 2.19. The smallest absolute Gasteiger partial charge is 0.194 e. The topological polar surface area (TPSA) is 67.6 Å². The molecule has 0 aliphatic carbocycles. The lowest BCUT2D eigenvalue weighted by molar-refractivity contribution is 0.396. The first-order valence-corrected chi connectivity index (χ1v) is 8.75. The summed E-state index contributed by atoms with van der Waals surface area (Å²) in [5.41, 5.74) is 1.13. The van der Waals surface area contributed by atoms with Gasteiger partial charge >= 0.3 is 0 Å². The maximum absolute atomic E-state index is 5.45. The summed E-state index contributed by atoms with van der Waals surface area (Å²) in [6.07, 6.45) is 2.17. The van der Waals surface area contributed by atoms with Gasteiger partial charge in [0, 0.05) is 38.7 Å². The minimum absolute atomic E-state index is 0.533. The summed E-state index contributed by atoms with van der Waals surface area (Å²) in [6, 6.07) is 8.06. The molecule has 3 rings (SSSR count). The number of aryl methyl sites for hydroxylation is 1. The van der Waals surface area contributed by atoms with E-state index in [-0.39, 0.29) is 0 Å². The van der Waals surface area contributed by atoms with Crippen molar-refractivity contribution < 1.29 is 4.74 Å². The van der Waals surface area contributed by atoms with E-state index in [9.17, 15) is 0 Å². The first-order valence-electron chi connectivity index (χ1n) is 8.75. The molecule has 0 bridgehead atoms. The zero-order valence-corrected chi connectivity index (χ0v) is 15.2. The molecule has 0 spiro atoms. The highest BCUT2D eigenvalue weighted by molar-refractivity contribution is 5.79. The molecule has 1 N–H and O–H groups in total. The fourth-order valence-corrected chi connectivity index (χ4v) is 3.11. The number of hydrogen-bond donors (Lipinski definition) is 1. The quantitative estimate of drug-likeness (QED) is 0.641. The Balaban J connectivity index is 1.72. The number of benzene rings is 1. The van der Waals surface area contributed by atoms with Crippen LogP contribution >= 0.6 is 0 Å². The Morgan fingerprint density at radius 1 is 1.36 bits per heavy atom. The van der Waals surface area contributed by atoms with Gasteiger partial charge in [-0.2, -0.15) is 0 Å². The van der Waals surface area contributed by atoms with Crippen LogP contribution in [-0.4, -0.2) is 46.3 Å². The molecule has 7 heteroatoms. The minimum atomic E-state index is 0.533. The van der Waals surface area contributed by atoms with Crippen LogP contribution in [0.1, 0.15) is 30.6 Å². The third kappa shape index (κ3) is 3.92. The third-order valence-electron chi connectivity index (χ3n) is 4.35. The molecule has 1 aliphatic rings. The summed E-state index contributed by atoms with van der Waals surface area (Å²) in [6.45, 7) is 5.13. The van der Waals surface area contributed by atoms with E-state index in [0.717, 1.165) is 54.9 Å². The second-order valence-corrected chi connectivity index (χ2v) is 6.13. The fraction of sp³-hybridized carbons (Fsp3) is 0.500. The molecule has 2 aromatic rings. The lowest BCUT2D eigenvalue weighted by Crippen LogP contribution is -2.38. The van der Waals surface area contributed by atoms with Gasteiger partial charge in [-0.05, 0) is 19.4 Å². The van der Waals surface area contributed by atoms with Gasteiger partial charge in [-0.1, -0.05) is 18.2 Å². The summed E-state index contributed by atoms with van der Waals surface area (Å²) >= 11 is 0. The molecule has 2 heterocycles. The van der Waals surface area contributed by atoms with Crippen LogP contribution in [0.2, 0.25) is 0 Å². The lowest BCUT2D eigenvalue weighted by atomic mass is 10.2. The van der Waals surface area contributed by atoms with E-state index >= 15 is 0 Å². The van der Waals surface area contributed by atoms with E-state index in [4.69, 9.17) is 9.73 Å². The van der Waals surface area contributed by atoms with Crippen LogP contribution in [0.15, 0.2) is 29.3 Å². The van der Waals surface area contributed by atoms with E-state index < -0.39 is 0 Å². The van der Waals surface area contributed by atoms with Gasteiger partial charge in [0.1, 0.15) is 18.1 Å². The lowest BCUT2D eigenvalue weighted by Gasteiger charge is -2.23. The maximum atomic E-state index is 5.45. The third-order valence-corrected chi connectivity index (χ3v) is 4.35. The van der Waals surface area contributed by atoms with Crippen LogP contribution in [0.25, 0.3) is 0 Å². The number of nitrogens with zero attached hydrogens (tertiary/aromatic N) is 5. The predicted molar refractivity (Wildman–Crippen MR) is 97.6 cm³/mol. The van der Waals surface area contributed by atoms with Crippen LogP contribution in [-0.2, 0) is 26.1 Å². The molecule has 1 aromatic heterocycles. The van der Waals surface area contributed by atoms with Crippen LogP contribution in [0.3, 0.4) is 0 Å². The normalized spacial score (nSPS) is 13.6. The Morgan fingerprint density at radius 2 is 2.20 bits per heavy atom. The van der Waals surface area contributed by atoms with Crippen molar-refractivity contribution in [1.82, 2.24) is 25.0 Å². The van der Waals surface area contributed by atoms with E-state index in [1.165, 1.54) is 0 Å². The van der Waals surface area contributed by atoms with Crippen molar-refractivity contribution in [2.45, 2.75) is 39.4 Å². The molecule has 134 valence electrons. The van der Waals surface area contributed by atoms with Crippen molar-refractivity contribution in [3.8, 4) is 5.75 Å². The SMILES string of the molecule is CCNC(=NCc1nnc2n1CCC2)N(C)Cc1ccccc1OC. The second-order valence-electron chi connectivity index (χ2n) is 6.13. The number of nitrogens with one attached hydrogen (secondary N) is 1. The van der Waals surface area contributed by atoms with Crippen molar-refractivity contribution in [1.29, 1.82) is 0 Å². The number of ether oxygens (including phenoxy) is 1. The van der Waals surface area contributed by atoms with Gasteiger partial charge in [-0.3, -0.25) is 0 Å². The van der Waals surface area contributed by atoms with Crippen LogP contribution in [0.5, 0.6) is 5.75 Å². The van der Waals surface area contributed by atoms with Gasteiger partial charge in [-0.15, -0.1) is 10.2 Å². The summed E-state index contributed by atoms with van der Waals surface area (Å²) in [5.74, 6) is 3.76. The van der Waals surface area contributed by atoms with Crippen LogP contribution in [0.4, 0.5) is 0 Å². The Bertz CT molecular complexity index is 739. The van der Waals surface area contributed by atoms with Crippen LogP contribution in [0, 0.1) is 0 Å². The second kappa shape index (κ2) is 8.00. The molecule has 1 aromatic carbocycles. The van der Waals surface area contributed by atoms with Gasteiger partial charge in [0.15, 0.2) is 11.8 Å². The van der Waals surface area contributed by atoms with Gasteiger partial charge < -0.3 is 19.5 Å². The number of aliphatic imine (C=N–C) groups is 1. The molecule has 0 radical (unpaired) electrons. The van der Waals surface area contributed by atoms with Gasteiger partial charge in [0.05, 0.1) is 7.11 Å². The molecule has 0 atom stereocenters. The number of rotatable bonds is 6. The Hall–Kier alpha value is -2.57. The standard InChI is InChI=1S/C18H26N6O/c1-4-19-18(20-12-17-22-21-16-10-7-11-24(16)17)23(2)13-14-8-5-6-9-15(14)25-3/h5-6,8-9H,4,7,10-13H2,1-3H3,(H,19,20). The summed E-state index contributed by atoms with van der Waals surface area (Å²) in [7, 11) is 3.73. The van der Waals surface area contributed by atoms with E-state index in [1.54, 1.807) is 7.11 Å². The molecule has 0 unspecified atom stereocenters. The first-order chi connectivity index (χ1) is 12.2. The molecule has 0 saturated heterocycles. The molecule has 1 aliphatic heterocycles. The number of para-hydroxylation sites is 1. The van der Waals surface area contributed by atoms with Crippen molar-refractivity contribution in [2.75, 3.05) is 20.7 Å². The molecular weight excluding hydrogens is 316 g/mol. The summed E-state index contributed by atoms with van der Waals surface area (Å²) in [4.78, 5) is 6.85. The zero-order chi connectivity index (χ0) is 17.6. The number of fused-ring (bicyclic) bond motifs is 1.